The van der Waals surface area contributed by atoms with Crippen molar-refractivity contribution >= 4 is 5.91 Å². The van der Waals surface area contributed by atoms with Gasteiger partial charge in [-0.1, -0.05) is 18.0 Å². The molecule has 7 heteroatoms. The fraction of sp³-hybridized carbons (Fsp3) is 0.812. The number of amides is 1. The molecule has 1 N–H and O–H groups in total. The van der Waals surface area contributed by atoms with E-state index >= 15 is 0 Å². The molecule has 7 nitrogen and oxygen atoms in total. The van der Waals surface area contributed by atoms with E-state index in [1.54, 1.807) is 11.9 Å². The Morgan fingerprint density at radius 2 is 2.13 bits per heavy atom. The number of aromatic nitrogens is 2. The Kier molecular flexibility index (Phi) is 4.96. The Morgan fingerprint density at radius 3 is 2.87 bits per heavy atom. The molecule has 1 saturated carbocycles. The molecule has 2 heterocycles. The lowest BCUT2D eigenvalue weighted by Crippen LogP contribution is -2.49. The molecule has 2 fully saturated rings. The first-order chi connectivity index (χ1) is 11.0. The second kappa shape index (κ2) is 6.97. The minimum Gasteiger partial charge on any atom is -0.392 e. The predicted octanol–water partition coefficient (Wildman–Crippen LogP) is 0.998. The highest BCUT2D eigenvalue weighted by Gasteiger charge is 2.34. The minimum absolute atomic E-state index is 0.0590. The zero-order valence-electron chi connectivity index (χ0n) is 13.9. The van der Waals surface area contributed by atoms with Crippen LogP contribution in [0.2, 0.25) is 0 Å². The van der Waals surface area contributed by atoms with Crippen molar-refractivity contribution in [3.05, 3.63) is 11.7 Å². The number of rotatable bonds is 4. The van der Waals surface area contributed by atoms with Gasteiger partial charge in [-0.3, -0.25) is 4.79 Å². The second-order valence-corrected chi connectivity index (χ2v) is 6.95. The highest BCUT2D eigenvalue weighted by atomic mass is 16.5. The van der Waals surface area contributed by atoms with Crippen LogP contribution >= 0.6 is 0 Å². The average Bonchev–Trinajstić information content (AvgIpc) is 3.19. The Balaban J connectivity index is 1.59. The van der Waals surface area contributed by atoms with Gasteiger partial charge in [0.05, 0.1) is 18.6 Å². The molecule has 3 rings (SSSR count). The number of carbonyl (C=O) groups excluding carboxylic acids is 1. The summed E-state index contributed by atoms with van der Waals surface area (Å²) in [7, 11) is 3.70. The lowest BCUT2D eigenvalue weighted by Gasteiger charge is -2.34. The molecule has 1 aliphatic heterocycles. The third kappa shape index (κ3) is 3.72. The smallest absolute Gasteiger partial charge is 0.229 e. The van der Waals surface area contributed by atoms with Gasteiger partial charge in [0.1, 0.15) is 0 Å². The van der Waals surface area contributed by atoms with Crippen molar-refractivity contribution in [3.63, 3.8) is 0 Å². The van der Waals surface area contributed by atoms with Crippen LogP contribution in [-0.2, 0) is 11.3 Å². The number of likely N-dealkylation sites (tertiary alicyclic amines) is 1. The number of carbonyl (C=O) groups is 1. The van der Waals surface area contributed by atoms with Crippen LogP contribution in [0.25, 0.3) is 0 Å². The van der Waals surface area contributed by atoms with Gasteiger partial charge in [-0.25, -0.2) is 0 Å². The van der Waals surface area contributed by atoms with Gasteiger partial charge >= 0.3 is 0 Å². The summed E-state index contributed by atoms with van der Waals surface area (Å²) in [6.45, 7) is 1.73. The van der Waals surface area contributed by atoms with Crippen molar-refractivity contribution in [2.24, 2.45) is 5.92 Å². The molecule has 0 bridgehead atoms. The molecule has 1 aliphatic carbocycles. The van der Waals surface area contributed by atoms with E-state index in [9.17, 15) is 9.90 Å². The summed E-state index contributed by atoms with van der Waals surface area (Å²) in [5, 5.41) is 14.1. The van der Waals surface area contributed by atoms with Crippen molar-refractivity contribution < 1.29 is 14.4 Å². The van der Waals surface area contributed by atoms with Crippen LogP contribution in [0.3, 0.4) is 0 Å². The van der Waals surface area contributed by atoms with Gasteiger partial charge in [-0.2, -0.15) is 4.98 Å². The van der Waals surface area contributed by atoms with Crippen LogP contribution in [0, 0.1) is 5.92 Å². The molecule has 0 unspecified atom stereocenters. The lowest BCUT2D eigenvalue weighted by atomic mass is 9.94. The summed E-state index contributed by atoms with van der Waals surface area (Å²) in [6.07, 6.45) is 4.71. The summed E-state index contributed by atoms with van der Waals surface area (Å²) < 4.78 is 5.36. The van der Waals surface area contributed by atoms with Crippen LogP contribution in [-0.4, -0.2) is 64.2 Å². The molecule has 0 aromatic carbocycles. The molecule has 1 saturated heterocycles. The molecule has 128 valence electrons. The molecule has 0 spiro atoms. The molecule has 1 amide bonds. The summed E-state index contributed by atoms with van der Waals surface area (Å²) in [6, 6.07) is 0. The van der Waals surface area contributed by atoms with E-state index in [1.807, 2.05) is 7.05 Å². The Labute approximate surface area is 136 Å². The van der Waals surface area contributed by atoms with Crippen LogP contribution < -0.4 is 0 Å². The normalized spacial score (nSPS) is 26.6. The van der Waals surface area contributed by atoms with Gasteiger partial charge in [-0.05, 0) is 26.3 Å². The molecule has 0 radical (unpaired) electrons. The average molecular weight is 322 g/mol. The maximum absolute atomic E-state index is 12.6. The third-order valence-electron chi connectivity index (χ3n) is 5.04. The molecule has 1 aromatic heterocycles. The topological polar surface area (TPSA) is 82.7 Å². The maximum Gasteiger partial charge on any atom is 0.229 e. The van der Waals surface area contributed by atoms with Crippen molar-refractivity contribution in [2.45, 2.75) is 50.7 Å². The second-order valence-electron chi connectivity index (χ2n) is 6.95. The summed E-state index contributed by atoms with van der Waals surface area (Å²) in [4.78, 5) is 20.7. The highest BCUT2D eigenvalue weighted by molar-refractivity contribution is 5.79. The number of aliphatic hydroxyl groups excluding tert-OH is 1. The fourth-order valence-electron chi connectivity index (χ4n) is 3.59. The van der Waals surface area contributed by atoms with E-state index < -0.39 is 6.10 Å². The lowest BCUT2D eigenvalue weighted by molar-refractivity contribution is -0.141. The number of hydrogen-bond acceptors (Lipinski definition) is 6. The van der Waals surface area contributed by atoms with E-state index in [2.05, 4.69) is 15.0 Å². The monoisotopic (exact) mass is 322 g/mol. The van der Waals surface area contributed by atoms with Gasteiger partial charge in [0.2, 0.25) is 11.8 Å². The number of hydrogen-bond donors (Lipinski definition) is 1. The molecule has 2 aliphatic rings. The molecular weight excluding hydrogens is 296 g/mol. The van der Waals surface area contributed by atoms with Crippen LogP contribution in [0.15, 0.2) is 4.52 Å². The van der Waals surface area contributed by atoms with Crippen molar-refractivity contribution in [3.8, 4) is 0 Å². The highest BCUT2D eigenvalue weighted by Crippen LogP contribution is 2.33. The van der Waals surface area contributed by atoms with Crippen molar-refractivity contribution in [2.75, 3.05) is 27.2 Å². The Morgan fingerprint density at radius 1 is 1.39 bits per heavy atom. The first-order valence-corrected chi connectivity index (χ1v) is 8.48. The van der Waals surface area contributed by atoms with E-state index in [4.69, 9.17) is 4.52 Å². The first kappa shape index (κ1) is 16.4. The third-order valence-corrected chi connectivity index (χ3v) is 5.04. The Bertz CT molecular complexity index is 541. The predicted molar refractivity (Wildman–Crippen MR) is 83.6 cm³/mol. The number of aliphatic hydroxyl groups is 1. The van der Waals surface area contributed by atoms with Gasteiger partial charge in [0.25, 0.3) is 0 Å². The molecule has 1 aromatic rings. The van der Waals surface area contributed by atoms with Gasteiger partial charge in [0, 0.05) is 26.1 Å². The van der Waals surface area contributed by atoms with E-state index in [0.717, 1.165) is 19.4 Å². The summed E-state index contributed by atoms with van der Waals surface area (Å²) >= 11 is 0. The molecular formula is C16H26N4O3. The standard InChI is InChI=1S/C16H26N4O3/c1-19-8-7-13(21)12(9-19)16(22)20(2)10-14-17-15(23-18-14)11-5-3-4-6-11/h11-13,21H,3-10H2,1-2H3/t12-,13+/m1/s1. The maximum atomic E-state index is 12.6. The van der Waals surface area contributed by atoms with Gasteiger partial charge in [-0.15, -0.1) is 0 Å². The van der Waals surface area contributed by atoms with E-state index in [-0.39, 0.29) is 11.8 Å². The van der Waals surface area contributed by atoms with Crippen molar-refractivity contribution in [1.29, 1.82) is 0 Å². The number of nitrogens with zero attached hydrogens (tertiary/aromatic N) is 4. The summed E-state index contributed by atoms with van der Waals surface area (Å²) in [5.74, 6) is 1.19. The first-order valence-electron chi connectivity index (χ1n) is 8.48. The van der Waals surface area contributed by atoms with E-state index in [0.29, 0.717) is 37.1 Å². The largest absolute Gasteiger partial charge is 0.392 e. The minimum atomic E-state index is -0.569. The fourth-order valence-corrected chi connectivity index (χ4v) is 3.59. The zero-order chi connectivity index (χ0) is 16.4. The van der Waals surface area contributed by atoms with E-state index in [1.165, 1.54) is 12.8 Å². The van der Waals surface area contributed by atoms with Crippen LogP contribution in [0.1, 0.15) is 49.7 Å². The summed E-state index contributed by atoms with van der Waals surface area (Å²) in [5.41, 5.74) is 0. The van der Waals surface area contributed by atoms with Crippen LogP contribution in [0.5, 0.6) is 0 Å². The SMILES string of the molecule is CN1CC[C@H](O)[C@H](C(=O)N(C)Cc2noc(C3CCCC3)n2)C1. The number of piperidine rings is 1. The zero-order valence-corrected chi connectivity index (χ0v) is 13.9. The van der Waals surface area contributed by atoms with Gasteiger partial charge < -0.3 is 19.4 Å². The van der Waals surface area contributed by atoms with Crippen LogP contribution in [0.4, 0.5) is 0 Å². The molecule has 23 heavy (non-hydrogen) atoms. The quantitative estimate of drug-likeness (QED) is 0.890. The molecule has 2 atom stereocenters. The van der Waals surface area contributed by atoms with Crippen molar-refractivity contribution in [1.82, 2.24) is 19.9 Å². The van der Waals surface area contributed by atoms with Gasteiger partial charge in [0.15, 0.2) is 5.82 Å². The Hall–Kier alpha value is -1.47.